The van der Waals surface area contributed by atoms with Crippen molar-refractivity contribution in [2.75, 3.05) is 0 Å². The molecule has 2 aromatic heterocycles. The number of carbonyl (C=O) groups is 2. The molecule has 1 aromatic carbocycles. The molecular weight excluding hydrogens is 306 g/mol. The van der Waals surface area contributed by atoms with Crippen molar-refractivity contribution in [3.8, 4) is 0 Å². The molecule has 2 heterocycles. The van der Waals surface area contributed by atoms with E-state index >= 15 is 0 Å². The van der Waals surface area contributed by atoms with Crippen LogP contribution in [0.2, 0.25) is 0 Å². The predicted molar refractivity (Wildman–Crippen MR) is 89.9 cm³/mol. The fourth-order valence-corrected chi connectivity index (χ4v) is 2.55. The summed E-state index contributed by atoms with van der Waals surface area (Å²) in [7, 11) is 0. The lowest BCUT2D eigenvalue weighted by atomic mass is 10.1. The van der Waals surface area contributed by atoms with Crippen molar-refractivity contribution in [2.24, 2.45) is 0 Å². The van der Waals surface area contributed by atoms with E-state index in [4.69, 9.17) is 0 Å². The zero-order valence-corrected chi connectivity index (χ0v) is 13.1. The largest absolute Gasteiger partial charge is 0.480 e. The fourth-order valence-electron chi connectivity index (χ4n) is 2.55. The van der Waals surface area contributed by atoms with Gasteiger partial charge in [0.25, 0.3) is 5.91 Å². The minimum atomic E-state index is -1.07. The first-order valence-electron chi connectivity index (χ1n) is 7.56. The number of H-pyrrole nitrogens is 1. The van der Waals surface area contributed by atoms with Crippen LogP contribution in [0, 0.1) is 6.92 Å². The van der Waals surface area contributed by atoms with Crippen LogP contribution in [-0.4, -0.2) is 33.0 Å². The highest BCUT2D eigenvalue weighted by Crippen LogP contribution is 2.15. The molecule has 6 heteroatoms. The summed E-state index contributed by atoms with van der Waals surface area (Å²) in [6.07, 6.45) is 1.88. The number of hydrogen-bond acceptors (Lipinski definition) is 3. The van der Waals surface area contributed by atoms with Crippen molar-refractivity contribution in [1.82, 2.24) is 15.3 Å². The Morgan fingerprint density at radius 1 is 1.25 bits per heavy atom. The summed E-state index contributed by atoms with van der Waals surface area (Å²) in [6.45, 7) is 1.87. The van der Waals surface area contributed by atoms with Crippen molar-refractivity contribution in [1.29, 1.82) is 0 Å². The lowest BCUT2D eigenvalue weighted by molar-refractivity contribution is -0.139. The molecule has 3 rings (SSSR count). The molecule has 1 atom stereocenters. The maximum atomic E-state index is 12.4. The van der Waals surface area contributed by atoms with Crippen molar-refractivity contribution in [2.45, 2.75) is 19.4 Å². The number of amides is 1. The first-order chi connectivity index (χ1) is 11.5. The minimum Gasteiger partial charge on any atom is -0.480 e. The van der Waals surface area contributed by atoms with Crippen LogP contribution in [0.15, 0.2) is 48.7 Å². The van der Waals surface area contributed by atoms with Crippen LogP contribution in [0.5, 0.6) is 0 Å². The number of benzene rings is 1. The second-order valence-electron chi connectivity index (χ2n) is 5.65. The van der Waals surface area contributed by atoms with Crippen LogP contribution >= 0.6 is 0 Å². The van der Waals surface area contributed by atoms with Crippen LogP contribution in [0.3, 0.4) is 0 Å². The number of aromatic nitrogens is 2. The summed E-state index contributed by atoms with van der Waals surface area (Å²) in [5, 5.41) is 12.8. The maximum absolute atomic E-state index is 12.4. The zero-order chi connectivity index (χ0) is 17.1. The SMILES string of the molecule is Cc1cc2cc(C(=O)N[C@@H](Cc3ccccc3)C(=O)O)[nH]c2cn1. The van der Waals surface area contributed by atoms with E-state index in [0.29, 0.717) is 5.69 Å². The number of carboxylic acids is 1. The molecule has 122 valence electrons. The van der Waals surface area contributed by atoms with Gasteiger partial charge in [0.15, 0.2) is 0 Å². The Morgan fingerprint density at radius 2 is 2.00 bits per heavy atom. The summed E-state index contributed by atoms with van der Waals surface area (Å²) in [4.78, 5) is 31.0. The molecule has 24 heavy (non-hydrogen) atoms. The molecule has 3 N–H and O–H groups in total. The van der Waals surface area contributed by atoms with E-state index in [2.05, 4.69) is 15.3 Å². The summed E-state index contributed by atoms with van der Waals surface area (Å²) < 4.78 is 0. The molecule has 0 fully saturated rings. The van der Waals surface area contributed by atoms with Crippen molar-refractivity contribution >= 4 is 22.8 Å². The summed E-state index contributed by atoms with van der Waals surface area (Å²) in [6, 6.07) is 11.8. The third-order valence-electron chi connectivity index (χ3n) is 3.77. The van der Waals surface area contributed by atoms with Gasteiger partial charge < -0.3 is 15.4 Å². The normalized spacial score (nSPS) is 12.0. The fraction of sp³-hybridized carbons (Fsp3) is 0.167. The van der Waals surface area contributed by atoms with Crippen LogP contribution in [-0.2, 0) is 11.2 Å². The Kier molecular flexibility index (Phi) is 4.29. The first kappa shape index (κ1) is 15.7. The Hall–Kier alpha value is -3.15. The average molecular weight is 323 g/mol. The van der Waals surface area contributed by atoms with Crippen LogP contribution in [0.1, 0.15) is 21.7 Å². The Bertz CT molecular complexity index is 887. The molecule has 0 aliphatic rings. The first-order valence-corrected chi connectivity index (χ1v) is 7.56. The molecule has 0 bridgehead atoms. The number of carboxylic acid groups (broad SMARTS) is 1. The molecule has 0 radical (unpaired) electrons. The average Bonchev–Trinajstić information content (AvgIpc) is 2.98. The highest BCUT2D eigenvalue weighted by Gasteiger charge is 2.22. The predicted octanol–water partition coefficient (Wildman–Crippen LogP) is 2.30. The van der Waals surface area contributed by atoms with Crippen LogP contribution < -0.4 is 5.32 Å². The van der Waals surface area contributed by atoms with Gasteiger partial charge in [0.1, 0.15) is 11.7 Å². The van der Waals surface area contributed by atoms with Gasteiger partial charge in [0.2, 0.25) is 0 Å². The number of aliphatic carboxylic acids is 1. The number of carbonyl (C=O) groups excluding carboxylic acids is 1. The monoisotopic (exact) mass is 323 g/mol. The van der Waals surface area contributed by atoms with Gasteiger partial charge >= 0.3 is 5.97 Å². The Morgan fingerprint density at radius 3 is 2.71 bits per heavy atom. The number of aromatic amines is 1. The lowest BCUT2D eigenvalue weighted by Crippen LogP contribution is -2.42. The van der Waals surface area contributed by atoms with E-state index in [1.54, 1.807) is 12.3 Å². The molecule has 3 aromatic rings. The summed E-state index contributed by atoms with van der Waals surface area (Å²) >= 11 is 0. The van der Waals surface area contributed by atoms with Gasteiger partial charge in [-0.2, -0.15) is 0 Å². The quantitative estimate of drug-likeness (QED) is 0.671. The molecule has 0 aliphatic heterocycles. The number of nitrogens with one attached hydrogen (secondary N) is 2. The van der Waals surface area contributed by atoms with E-state index in [9.17, 15) is 14.7 Å². The van der Waals surface area contributed by atoms with E-state index < -0.39 is 17.9 Å². The maximum Gasteiger partial charge on any atom is 0.326 e. The zero-order valence-electron chi connectivity index (χ0n) is 13.1. The van der Waals surface area contributed by atoms with E-state index in [1.807, 2.05) is 43.3 Å². The lowest BCUT2D eigenvalue weighted by Gasteiger charge is -2.14. The van der Waals surface area contributed by atoms with Crippen LogP contribution in [0.4, 0.5) is 0 Å². The van der Waals surface area contributed by atoms with Gasteiger partial charge in [-0.25, -0.2) is 4.79 Å². The van der Waals surface area contributed by atoms with Gasteiger partial charge in [-0.05, 0) is 24.6 Å². The second kappa shape index (κ2) is 6.54. The highest BCUT2D eigenvalue weighted by molar-refractivity contribution is 5.99. The minimum absolute atomic E-state index is 0.225. The van der Waals surface area contributed by atoms with E-state index in [1.165, 1.54) is 0 Å². The molecule has 0 spiro atoms. The van der Waals surface area contributed by atoms with Crippen LogP contribution in [0.25, 0.3) is 10.9 Å². The summed E-state index contributed by atoms with van der Waals surface area (Å²) in [5.41, 5.74) is 2.75. The molecule has 0 saturated carbocycles. The highest BCUT2D eigenvalue weighted by atomic mass is 16.4. The van der Waals surface area contributed by atoms with Gasteiger partial charge in [0, 0.05) is 17.5 Å². The van der Waals surface area contributed by atoms with Crippen molar-refractivity contribution in [3.63, 3.8) is 0 Å². The molecular formula is C18H17N3O3. The molecule has 0 saturated heterocycles. The van der Waals surface area contributed by atoms with Gasteiger partial charge in [-0.3, -0.25) is 9.78 Å². The Balaban J connectivity index is 1.78. The molecule has 0 unspecified atom stereocenters. The van der Waals surface area contributed by atoms with Gasteiger partial charge in [-0.15, -0.1) is 0 Å². The van der Waals surface area contributed by atoms with Crippen molar-refractivity contribution in [3.05, 3.63) is 65.6 Å². The standard InChI is InChI=1S/C18H17N3O3/c1-11-7-13-9-14(20-16(13)10-19-11)17(22)21-15(18(23)24)8-12-5-3-2-4-6-12/h2-7,9-10,15,20H,8H2,1H3,(H,21,22)(H,23,24)/t15-/m0/s1. The molecule has 0 aliphatic carbocycles. The van der Waals surface area contributed by atoms with E-state index in [0.717, 1.165) is 22.2 Å². The molecule has 6 nitrogen and oxygen atoms in total. The smallest absolute Gasteiger partial charge is 0.326 e. The number of aryl methyl sites for hydroxylation is 1. The number of nitrogens with zero attached hydrogens (tertiary/aromatic N) is 1. The van der Waals surface area contributed by atoms with Crippen molar-refractivity contribution < 1.29 is 14.7 Å². The van der Waals surface area contributed by atoms with Gasteiger partial charge in [-0.1, -0.05) is 30.3 Å². The number of pyridine rings is 1. The molecule has 1 amide bonds. The third kappa shape index (κ3) is 3.43. The van der Waals surface area contributed by atoms with E-state index in [-0.39, 0.29) is 6.42 Å². The second-order valence-corrected chi connectivity index (χ2v) is 5.65. The topological polar surface area (TPSA) is 95.1 Å². The third-order valence-corrected chi connectivity index (χ3v) is 3.77. The summed E-state index contributed by atoms with van der Waals surface area (Å²) in [5.74, 6) is -1.52. The Labute approximate surface area is 138 Å². The number of fused-ring (bicyclic) bond motifs is 1. The van der Waals surface area contributed by atoms with Gasteiger partial charge in [0.05, 0.1) is 11.7 Å². The number of rotatable bonds is 5. The number of hydrogen-bond donors (Lipinski definition) is 3.